The third-order valence-electron chi connectivity index (χ3n) is 8.06. The highest BCUT2D eigenvalue weighted by Gasteiger charge is 2.72. The number of hydrogen-bond donors (Lipinski definition) is 2. The van der Waals surface area contributed by atoms with Crippen LogP contribution in [-0.4, -0.2) is 45.9 Å². The fourth-order valence-electron chi connectivity index (χ4n) is 6.73. The lowest BCUT2D eigenvalue weighted by atomic mass is 9.47. The van der Waals surface area contributed by atoms with Gasteiger partial charge in [-0.05, 0) is 68.5 Å². The molecule has 1 saturated heterocycles. The Balaban J connectivity index is 1.57. The number of likely N-dealkylation sites (tertiary alicyclic amines) is 1. The highest BCUT2D eigenvalue weighted by atomic mass is 16.5. The second-order valence-electron chi connectivity index (χ2n) is 9.31. The van der Waals surface area contributed by atoms with E-state index in [0.717, 1.165) is 50.3 Å². The van der Waals surface area contributed by atoms with Crippen molar-refractivity contribution >= 4 is 0 Å². The van der Waals surface area contributed by atoms with Crippen LogP contribution in [0.5, 0.6) is 11.5 Å². The van der Waals surface area contributed by atoms with Gasteiger partial charge in [0.25, 0.3) is 0 Å². The minimum absolute atomic E-state index is 0.000764. The molecule has 134 valence electrons. The van der Waals surface area contributed by atoms with Crippen molar-refractivity contribution in [1.82, 2.24) is 4.90 Å². The molecule has 0 aromatic heterocycles. The maximum atomic E-state index is 12.1. The minimum Gasteiger partial charge on any atom is -0.504 e. The first-order valence-electron chi connectivity index (χ1n) is 10.0. The van der Waals surface area contributed by atoms with E-state index in [4.69, 9.17) is 4.74 Å². The fourth-order valence-corrected chi connectivity index (χ4v) is 6.73. The molecule has 4 nitrogen and oxygen atoms in total. The summed E-state index contributed by atoms with van der Waals surface area (Å²) in [7, 11) is 0. The first-order valence-corrected chi connectivity index (χ1v) is 10.0. The van der Waals surface area contributed by atoms with Gasteiger partial charge in [0.05, 0.1) is 11.0 Å². The van der Waals surface area contributed by atoms with Crippen LogP contribution in [-0.2, 0) is 11.8 Å². The zero-order valence-corrected chi connectivity index (χ0v) is 14.9. The molecule has 1 aromatic carbocycles. The molecule has 3 fully saturated rings. The molecule has 2 heterocycles. The molecular formula is C21H27NO3. The van der Waals surface area contributed by atoms with Crippen molar-refractivity contribution in [1.29, 1.82) is 0 Å². The van der Waals surface area contributed by atoms with Gasteiger partial charge in [-0.3, -0.25) is 4.90 Å². The van der Waals surface area contributed by atoms with Gasteiger partial charge < -0.3 is 14.9 Å². The van der Waals surface area contributed by atoms with Crippen molar-refractivity contribution in [3.05, 3.63) is 23.3 Å². The maximum Gasteiger partial charge on any atom is 0.165 e. The van der Waals surface area contributed by atoms with Crippen molar-refractivity contribution < 1.29 is 14.9 Å². The zero-order chi connectivity index (χ0) is 17.0. The molecule has 0 amide bonds. The first-order chi connectivity index (χ1) is 12.0. The number of nitrogens with zero attached hydrogens (tertiary/aromatic N) is 1. The number of piperidine rings is 1. The van der Waals surface area contributed by atoms with Gasteiger partial charge in [-0.15, -0.1) is 0 Å². The lowest BCUT2D eigenvalue weighted by Gasteiger charge is -2.64. The van der Waals surface area contributed by atoms with Gasteiger partial charge in [0.1, 0.15) is 6.10 Å². The number of aromatic hydroxyl groups is 1. The van der Waals surface area contributed by atoms with Crippen LogP contribution in [0.25, 0.3) is 0 Å². The normalized spacial score (nSPS) is 44.3. The molecule has 0 radical (unpaired) electrons. The number of phenols is 1. The number of aliphatic hydroxyl groups is 1. The van der Waals surface area contributed by atoms with Crippen LogP contribution in [0.3, 0.4) is 0 Å². The van der Waals surface area contributed by atoms with E-state index in [9.17, 15) is 10.2 Å². The van der Waals surface area contributed by atoms with E-state index in [0.29, 0.717) is 11.7 Å². The van der Waals surface area contributed by atoms with E-state index in [1.165, 1.54) is 18.4 Å². The van der Waals surface area contributed by atoms with Crippen molar-refractivity contribution in [3.63, 3.8) is 0 Å². The molecule has 1 unspecified atom stereocenters. The second-order valence-corrected chi connectivity index (χ2v) is 9.31. The van der Waals surface area contributed by atoms with E-state index >= 15 is 0 Å². The molecule has 3 aliphatic carbocycles. The summed E-state index contributed by atoms with van der Waals surface area (Å²) >= 11 is 0. The predicted molar refractivity (Wildman–Crippen MR) is 94.0 cm³/mol. The van der Waals surface area contributed by atoms with Gasteiger partial charge in [-0.2, -0.15) is 0 Å². The summed E-state index contributed by atoms with van der Waals surface area (Å²) < 4.78 is 6.39. The van der Waals surface area contributed by atoms with Crippen LogP contribution in [0.1, 0.15) is 50.2 Å². The van der Waals surface area contributed by atoms with Crippen molar-refractivity contribution in [2.45, 2.75) is 68.6 Å². The van der Waals surface area contributed by atoms with Gasteiger partial charge >= 0.3 is 0 Å². The number of ether oxygens (including phenoxy) is 1. The molecule has 1 aromatic rings. The van der Waals surface area contributed by atoms with E-state index < -0.39 is 5.60 Å². The van der Waals surface area contributed by atoms with Crippen molar-refractivity contribution in [2.75, 3.05) is 13.1 Å². The maximum absolute atomic E-state index is 12.1. The lowest BCUT2D eigenvalue weighted by molar-refractivity contribution is -0.196. The molecule has 2 aliphatic heterocycles. The molecule has 25 heavy (non-hydrogen) atoms. The Hall–Kier alpha value is -1.26. The van der Waals surface area contributed by atoms with Gasteiger partial charge in [0.15, 0.2) is 11.5 Å². The molecular weight excluding hydrogens is 314 g/mol. The Morgan fingerprint density at radius 1 is 1.24 bits per heavy atom. The molecule has 4 heteroatoms. The van der Waals surface area contributed by atoms with Gasteiger partial charge in [-0.25, -0.2) is 0 Å². The summed E-state index contributed by atoms with van der Waals surface area (Å²) in [5.74, 6) is 2.17. The third-order valence-corrected chi connectivity index (χ3v) is 8.06. The summed E-state index contributed by atoms with van der Waals surface area (Å²) in [6.07, 6.45) is 6.39. The summed E-state index contributed by atoms with van der Waals surface area (Å²) in [5, 5.41) is 22.6. The van der Waals surface area contributed by atoms with Gasteiger partial charge in [0, 0.05) is 18.2 Å². The molecule has 1 spiro atoms. The Morgan fingerprint density at radius 3 is 2.88 bits per heavy atom. The standard InChI is InChI=1S/C21H27NO3/c1-12-6-7-21(24)16-10-14-4-5-15(23)18-17(14)20(21,19(12)25-18)8-9-22(16)11-13-2-3-13/h4-5,12-13,16,19,23-24H,2-3,6-11H2,1H3/t12?,16-,19+,20+,21-/m0/s1. The molecule has 2 bridgehead atoms. The average molecular weight is 341 g/mol. The lowest BCUT2D eigenvalue weighted by Crippen LogP contribution is -2.76. The summed E-state index contributed by atoms with van der Waals surface area (Å²) in [5.41, 5.74) is 1.40. The summed E-state index contributed by atoms with van der Waals surface area (Å²) in [6.45, 7) is 4.44. The highest BCUT2D eigenvalue weighted by molar-refractivity contribution is 5.62. The second kappa shape index (κ2) is 4.52. The van der Waals surface area contributed by atoms with Crippen LogP contribution < -0.4 is 4.74 Å². The largest absolute Gasteiger partial charge is 0.504 e. The number of phenolic OH excluding ortho intramolecular Hbond substituents is 1. The monoisotopic (exact) mass is 341 g/mol. The molecule has 6 rings (SSSR count). The van der Waals surface area contributed by atoms with Crippen molar-refractivity contribution in [2.24, 2.45) is 11.8 Å². The number of rotatable bonds is 2. The summed E-state index contributed by atoms with van der Waals surface area (Å²) in [4.78, 5) is 2.59. The molecule has 2 saturated carbocycles. The number of benzene rings is 1. The fraction of sp³-hybridized carbons (Fsp3) is 0.714. The van der Waals surface area contributed by atoms with Crippen LogP contribution in [0.4, 0.5) is 0 Å². The summed E-state index contributed by atoms with van der Waals surface area (Å²) in [6, 6.07) is 4.06. The topological polar surface area (TPSA) is 52.9 Å². The third kappa shape index (κ3) is 1.62. The smallest absolute Gasteiger partial charge is 0.165 e. The Kier molecular flexibility index (Phi) is 2.69. The van der Waals surface area contributed by atoms with Crippen LogP contribution in [0.15, 0.2) is 12.1 Å². The molecule has 2 N–H and O–H groups in total. The van der Waals surface area contributed by atoms with Crippen LogP contribution >= 0.6 is 0 Å². The van der Waals surface area contributed by atoms with E-state index in [-0.39, 0.29) is 23.3 Å². The predicted octanol–water partition coefficient (Wildman–Crippen LogP) is 2.59. The highest BCUT2D eigenvalue weighted by Crippen LogP contribution is 2.66. The van der Waals surface area contributed by atoms with Gasteiger partial charge in [0.2, 0.25) is 0 Å². The Bertz CT molecular complexity index is 760. The quantitative estimate of drug-likeness (QED) is 0.868. The SMILES string of the molecule is CC1CC[C@]2(O)[C@@H]3Cc4ccc(O)c5c4[C@]2(CCN3CC2CC2)[C@@H]1O5. The average Bonchev–Trinajstić information content (AvgIpc) is 3.32. The van der Waals surface area contributed by atoms with Crippen LogP contribution in [0, 0.1) is 11.8 Å². The number of hydrogen-bond acceptors (Lipinski definition) is 4. The van der Waals surface area contributed by atoms with E-state index in [1.807, 2.05) is 0 Å². The van der Waals surface area contributed by atoms with E-state index in [2.05, 4.69) is 17.9 Å². The minimum atomic E-state index is -0.719. The van der Waals surface area contributed by atoms with Crippen LogP contribution in [0.2, 0.25) is 0 Å². The Morgan fingerprint density at radius 2 is 2.08 bits per heavy atom. The first kappa shape index (κ1) is 14.9. The zero-order valence-electron chi connectivity index (χ0n) is 14.9. The molecule has 5 atom stereocenters. The van der Waals surface area contributed by atoms with E-state index in [1.54, 1.807) is 6.07 Å². The molecule has 5 aliphatic rings. The Labute approximate surface area is 148 Å². The van der Waals surface area contributed by atoms with Crippen molar-refractivity contribution in [3.8, 4) is 11.5 Å². The van der Waals surface area contributed by atoms with Gasteiger partial charge in [-0.1, -0.05) is 13.0 Å².